The summed E-state index contributed by atoms with van der Waals surface area (Å²) in [5.74, 6) is 1.61. The lowest BCUT2D eigenvalue weighted by atomic mass is 10.1. The maximum absolute atomic E-state index is 5.39. The second-order valence-electron chi connectivity index (χ2n) is 6.89. The van der Waals surface area contributed by atoms with Gasteiger partial charge in [0.05, 0.1) is 14.2 Å². The van der Waals surface area contributed by atoms with Crippen molar-refractivity contribution in [3.05, 3.63) is 83.9 Å². The van der Waals surface area contributed by atoms with Crippen molar-refractivity contribution in [2.24, 2.45) is 0 Å². The number of methoxy groups -OCH3 is 2. The fourth-order valence-corrected chi connectivity index (χ4v) is 3.29. The smallest absolute Gasteiger partial charge is 0.171 e. The largest absolute Gasteiger partial charge is 0.497 e. The average molecular weight is 467 g/mol. The Morgan fingerprint density at radius 3 is 1.44 bits per heavy atom. The van der Waals surface area contributed by atoms with E-state index < -0.39 is 0 Å². The van der Waals surface area contributed by atoms with E-state index in [4.69, 9.17) is 33.9 Å². The fourth-order valence-electron chi connectivity index (χ4n) is 2.91. The molecule has 0 fully saturated rings. The molecule has 0 radical (unpaired) electrons. The number of hydrogen-bond donors (Lipinski definition) is 4. The highest BCUT2D eigenvalue weighted by atomic mass is 32.1. The Labute approximate surface area is 199 Å². The lowest BCUT2D eigenvalue weighted by Gasteiger charge is -2.13. The SMILES string of the molecule is COc1ccc(NC(=S)NCc2cccc(CNC(=S)Nc3ccc(OC)cc3)c2)cc1. The minimum atomic E-state index is 0.559. The Morgan fingerprint density at radius 1 is 0.656 bits per heavy atom. The van der Waals surface area contributed by atoms with Gasteiger partial charge in [0, 0.05) is 24.5 Å². The zero-order valence-electron chi connectivity index (χ0n) is 18.0. The van der Waals surface area contributed by atoms with Crippen LogP contribution in [0.5, 0.6) is 11.5 Å². The molecule has 0 amide bonds. The van der Waals surface area contributed by atoms with Crippen molar-refractivity contribution in [2.45, 2.75) is 13.1 Å². The molecule has 0 bridgehead atoms. The molecule has 0 atom stereocenters. The molecule has 0 saturated heterocycles. The average Bonchev–Trinajstić information content (AvgIpc) is 2.83. The van der Waals surface area contributed by atoms with E-state index in [0.717, 1.165) is 34.0 Å². The van der Waals surface area contributed by atoms with Gasteiger partial charge in [0.25, 0.3) is 0 Å². The molecule has 3 aromatic carbocycles. The molecule has 0 spiro atoms. The third kappa shape index (κ3) is 7.40. The molecule has 4 N–H and O–H groups in total. The summed E-state index contributed by atoms with van der Waals surface area (Å²) in [4.78, 5) is 0. The van der Waals surface area contributed by atoms with Gasteiger partial charge in [0.2, 0.25) is 0 Å². The molecule has 0 aliphatic rings. The Hall–Kier alpha value is -3.36. The third-order valence-electron chi connectivity index (χ3n) is 4.59. The van der Waals surface area contributed by atoms with Crippen LogP contribution in [0.25, 0.3) is 0 Å². The van der Waals surface area contributed by atoms with E-state index >= 15 is 0 Å². The molecule has 6 nitrogen and oxygen atoms in total. The van der Waals surface area contributed by atoms with Gasteiger partial charge in [0.1, 0.15) is 11.5 Å². The van der Waals surface area contributed by atoms with Crippen LogP contribution in [0.2, 0.25) is 0 Å². The van der Waals surface area contributed by atoms with Crippen molar-refractivity contribution in [3.63, 3.8) is 0 Å². The maximum Gasteiger partial charge on any atom is 0.171 e. The summed E-state index contributed by atoms with van der Waals surface area (Å²) in [6.07, 6.45) is 0. The van der Waals surface area contributed by atoms with Crippen molar-refractivity contribution in [1.82, 2.24) is 10.6 Å². The summed E-state index contributed by atoms with van der Waals surface area (Å²) in [5, 5.41) is 13.9. The normalized spacial score (nSPS) is 10.1. The molecule has 8 heteroatoms. The molecular weight excluding hydrogens is 440 g/mol. The number of rotatable bonds is 8. The first-order valence-corrected chi connectivity index (χ1v) is 10.8. The topological polar surface area (TPSA) is 66.6 Å². The quantitative estimate of drug-likeness (QED) is 0.357. The number of nitrogens with one attached hydrogen (secondary N) is 4. The number of thiocarbonyl (C=S) groups is 2. The molecule has 166 valence electrons. The summed E-state index contributed by atoms with van der Waals surface area (Å²) in [7, 11) is 3.28. The van der Waals surface area contributed by atoms with Crippen molar-refractivity contribution in [1.29, 1.82) is 0 Å². The molecule has 0 unspecified atom stereocenters. The predicted molar refractivity (Wildman–Crippen MR) is 139 cm³/mol. The van der Waals surface area contributed by atoms with E-state index in [1.54, 1.807) is 14.2 Å². The third-order valence-corrected chi connectivity index (χ3v) is 5.09. The van der Waals surface area contributed by atoms with Gasteiger partial charge in [-0.15, -0.1) is 0 Å². The number of hydrogen-bond acceptors (Lipinski definition) is 4. The van der Waals surface area contributed by atoms with Crippen LogP contribution in [0.1, 0.15) is 11.1 Å². The summed E-state index contributed by atoms with van der Waals surface area (Å²) in [6.45, 7) is 1.23. The van der Waals surface area contributed by atoms with Gasteiger partial charge in [-0.1, -0.05) is 24.3 Å². The standard InChI is InChI=1S/C24H26N4O2S2/c1-29-21-10-6-19(7-11-21)27-23(31)25-15-17-4-3-5-18(14-17)16-26-24(32)28-20-8-12-22(30-2)13-9-20/h3-14H,15-16H2,1-2H3,(H2,25,27,31)(H2,26,28,32). The van der Waals surface area contributed by atoms with E-state index in [-0.39, 0.29) is 0 Å². The van der Waals surface area contributed by atoms with Gasteiger partial charge in [-0.25, -0.2) is 0 Å². The molecule has 32 heavy (non-hydrogen) atoms. The second-order valence-corrected chi connectivity index (χ2v) is 7.71. The minimum Gasteiger partial charge on any atom is -0.497 e. The minimum absolute atomic E-state index is 0.559. The van der Waals surface area contributed by atoms with Crippen LogP contribution in [0, 0.1) is 0 Å². The fraction of sp³-hybridized carbons (Fsp3) is 0.167. The molecule has 0 aliphatic heterocycles. The number of benzene rings is 3. The second kappa shape index (κ2) is 11.9. The maximum atomic E-state index is 5.39. The molecule has 0 aromatic heterocycles. The highest BCUT2D eigenvalue weighted by Gasteiger charge is 2.02. The van der Waals surface area contributed by atoms with Crippen LogP contribution < -0.4 is 30.7 Å². The molecule has 3 aromatic rings. The van der Waals surface area contributed by atoms with Crippen molar-refractivity contribution >= 4 is 46.0 Å². The van der Waals surface area contributed by atoms with E-state index in [2.05, 4.69) is 39.5 Å². The molecule has 0 saturated carbocycles. The van der Waals surface area contributed by atoms with Crippen LogP contribution >= 0.6 is 24.4 Å². The predicted octanol–water partition coefficient (Wildman–Crippen LogP) is 4.68. The number of anilines is 2. The zero-order valence-corrected chi connectivity index (χ0v) is 19.6. The van der Waals surface area contributed by atoms with E-state index in [1.165, 1.54) is 0 Å². The van der Waals surface area contributed by atoms with Gasteiger partial charge in [-0.05, 0) is 84.1 Å². The van der Waals surface area contributed by atoms with Crippen LogP contribution in [0.4, 0.5) is 11.4 Å². The Kier molecular flexibility index (Phi) is 8.65. The molecule has 0 aliphatic carbocycles. The van der Waals surface area contributed by atoms with Crippen molar-refractivity contribution < 1.29 is 9.47 Å². The van der Waals surface area contributed by atoms with Crippen molar-refractivity contribution in [2.75, 3.05) is 24.9 Å². The lowest BCUT2D eigenvalue weighted by Crippen LogP contribution is -2.28. The first-order valence-electron chi connectivity index (χ1n) is 10.0. The van der Waals surface area contributed by atoms with Gasteiger partial charge < -0.3 is 30.7 Å². The monoisotopic (exact) mass is 466 g/mol. The Balaban J connectivity index is 1.44. The number of ether oxygens (including phenoxy) is 2. The summed E-state index contributed by atoms with van der Waals surface area (Å²) >= 11 is 10.8. The van der Waals surface area contributed by atoms with Gasteiger partial charge in [0.15, 0.2) is 10.2 Å². The van der Waals surface area contributed by atoms with Gasteiger partial charge >= 0.3 is 0 Å². The summed E-state index contributed by atoms with van der Waals surface area (Å²) < 4.78 is 10.3. The van der Waals surface area contributed by atoms with E-state index in [9.17, 15) is 0 Å². The molecular formula is C24H26N4O2S2. The first kappa shape index (κ1) is 23.3. The Morgan fingerprint density at radius 2 is 1.06 bits per heavy atom. The highest BCUT2D eigenvalue weighted by molar-refractivity contribution is 7.80. The summed E-state index contributed by atoms with van der Waals surface area (Å²) in [6, 6.07) is 23.5. The van der Waals surface area contributed by atoms with Gasteiger partial charge in [-0.3, -0.25) is 0 Å². The van der Waals surface area contributed by atoms with Crippen LogP contribution in [-0.4, -0.2) is 24.4 Å². The van der Waals surface area contributed by atoms with Crippen LogP contribution in [-0.2, 0) is 13.1 Å². The highest BCUT2D eigenvalue weighted by Crippen LogP contribution is 2.16. The molecule has 0 heterocycles. The van der Waals surface area contributed by atoms with Gasteiger partial charge in [-0.2, -0.15) is 0 Å². The first-order chi connectivity index (χ1) is 15.6. The van der Waals surface area contributed by atoms with E-state index in [1.807, 2.05) is 54.6 Å². The lowest BCUT2D eigenvalue weighted by molar-refractivity contribution is 0.415. The van der Waals surface area contributed by atoms with E-state index in [0.29, 0.717) is 23.3 Å². The molecule has 3 rings (SSSR count). The Bertz CT molecular complexity index is 960. The van der Waals surface area contributed by atoms with Crippen LogP contribution in [0.15, 0.2) is 72.8 Å². The van der Waals surface area contributed by atoms with Crippen LogP contribution in [0.3, 0.4) is 0 Å². The zero-order chi connectivity index (χ0) is 22.8. The van der Waals surface area contributed by atoms with Crippen molar-refractivity contribution in [3.8, 4) is 11.5 Å². The summed E-state index contributed by atoms with van der Waals surface area (Å²) in [5.41, 5.74) is 4.05.